The number of hydrogen-bond donors (Lipinski definition) is 1. The first-order valence-corrected chi connectivity index (χ1v) is 13.8. The molecule has 1 atom stereocenters. The lowest BCUT2D eigenvalue weighted by Gasteiger charge is -2.34. The Hall–Kier alpha value is -3.83. The summed E-state index contributed by atoms with van der Waals surface area (Å²) in [7, 11) is 0. The van der Waals surface area contributed by atoms with Crippen molar-refractivity contribution in [3.63, 3.8) is 0 Å². The van der Waals surface area contributed by atoms with Crippen LogP contribution in [-0.4, -0.2) is 53.9 Å². The maximum atomic E-state index is 9.85. The average Bonchev–Trinajstić information content (AvgIpc) is 3.30. The van der Waals surface area contributed by atoms with Crippen LogP contribution in [0.5, 0.6) is 5.75 Å². The second-order valence-corrected chi connectivity index (χ2v) is 10.9. The van der Waals surface area contributed by atoms with E-state index in [9.17, 15) is 5.11 Å². The summed E-state index contributed by atoms with van der Waals surface area (Å²) in [6.45, 7) is 8.44. The Morgan fingerprint density at radius 3 is 2.10 bits per heavy atom. The van der Waals surface area contributed by atoms with Crippen LogP contribution in [0.4, 0.5) is 0 Å². The topological polar surface area (TPSA) is 54.3 Å². The van der Waals surface area contributed by atoms with Crippen molar-refractivity contribution in [3.05, 3.63) is 113 Å². The fourth-order valence-corrected chi connectivity index (χ4v) is 5.21. The van der Waals surface area contributed by atoms with E-state index in [2.05, 4.69) is 91.6 Å². The number of aliphatic hydroxyl groups is 1. The highest BCUT2D eigenvalue weighted by atomic mass is 16.5. The van der Waals surface area contributed by atoms with Crippen LogP contribution in [0, 0.1) is 0 Å². The Kier molecular flexibility index (Phi) is 8.18. The van der Waals surface area contributed by atoms with Crippen LogP contribution < -0.4 is 4.74 Å². The van der Waals surface area contributed by atoms with Crippen molar-refractivity contribution in [2.24, 2.45) is 4.99 Å². The fraction of sp³-hybridized carbons (Fsp3) is 0.324. The van der Waals surface area contributed by atoms with Crippen LogP contribution >= 0.6 is 0 Å². The van der Waals surface area contributed by atoms with Gasteiger partial charge in [0.25, 0.3) is 0 Å². The molecule has 1 fully saturated rings. The molecule has 1 saturated heterocycles. The Morgan fingerprint density at radius 2 is 1.54 bits per heavy atom. The highest BCUT2D eigenvalue weighted by Crippen LogP contribution is 2.36. The predicted octanol–water partition coefficient (Wildman–Crippen LogP) is 6.59. The van der Waals surface area contributed by atoms with Crippen LogP contribution in [0.15, 0.2) is 102 Å². The van der Waals surface area contributed by atoms with Gasteiger partial charge in [-0.05, 0) is 62.4 Å². The summed E-state index contributed by atoms with van der Waals surface area (Å²) >= 11 is 0. The number of piperidine rings is 1. The van der Waals surface area contributed by atoms with E-state index in [-0.39, 0.29) is 12.1 Å². The standard InChI is InChI=1S/C34H38N2O3/c1-25(37)23-38-31-17-11-10-16-29(31)30(22-32-35-34(2,3)24-39-32)36-20-18-28(19-21-36)33(26-12-6-4-7-13-26)27-14-8-5-9-15-27/h4-17,22,25,37H,18-21,23-24H2,1-3H3/b30-22+. The van der Waals surface area contributed by atoms with E-state index < -0.39 is 6.10 Å². The van der Waals surface area contributed by atoms with E-state index in [0.717, 1.165) is 42.9 Å². The molecule has 5 rings (SSSR count). The molecule has 5 heteroatoms. The first kappa shape index (κ1) is 26.8. The highest BCUT2D eigenvalue weighted by molar-refractivity contribution is 5.96. The van der Waals surface area contributed by atoms with Gasteiger partial charge in [-0.15, -0.1) is 0 Å². The number of para-hydroxylation sites is 1. The van der Waals surface area contributed by atoms with Gasteiger partial charge in [0, 0.05) is 24.7 Å². The van der Waals surface area contributed by atoms with E-state index in [4.69, 9.17) is 14.5 Å². The van der Waals surface area contributed by atoms with Crippen molar-refractivity contribution < 1.29 is 14.6 Å². The smallest absolute Gasteiger partial charge is 0.211 e. The summed E-state index contributed by atoms with van der Waals surface area (Å²) in [5.74, 6) is 1.40. The van der Waals surface area contributed by atoms with Crippen LogP contribution in [0.1, 0.15) is 50.3 Å². The molecule has 2 aliphatic heterocycles. The SMILES string of the molecule is CC(O)COc1ccccc1/C(=C\C1=NC(C)(C)CO1)N1CCC(=C(c2ccccc2)c2ccccc2)CC1. The minimum atomic E-state index is -0.550. The summed E-state index contributed by atoms with van der Waals surface area (Å²) in [6.07, 6.45) is 3.41. The average molecular weight is 523 g/mol. The van der Waals surface area contributed by atoms with Crippen LogP contribution in [0.3, 0.4) is 0 Å². The van der Waals surface area contributed by atoms with Crippen molar-refractivity contribution in [1.29, 1.82) is 0 Å². The highest BCUT2D eigenvalue weighted by Gasteiger charge is 2.28. The largest absolute Gasteiger partial charge is 0.490 e. The van der Waals surface area contributed by atoms with Crippen molar-refractivity contribution in [3.8, 4) is 5.75 Å². The molecule has 1 N–H and O–H groups in total. The molecule has 39 heavy (non-hydrogen) atoms. The molecule has 0 amide bonds. The van der Waals surface area contributed by atoms with Crippen molar-refractivity contribution >= 4 is 17.2 Å². The molecular weight excluding hydrogens is 484 g/mol. The third kappa shape index (κ3) is 6.61. The van der Waals surface area contributed by atoms with Crippen molar-refractivity contribution in [2.75, 3.05) is 26.3 Å². The Bertz CT molecular complexity index is 1310. The first-order chi connectivity index (χ1) is 18.9. The van der Waals surface area contributed by atoms with E-state index in [1.165, 1.54) is 22.3 Å². The summed E-state index contributed by atoms with van der Waals surface area (Å²) in [6, 6.07) is 29.5. The minimum Gasteiger partial charge on any atom is -0.490 e. The summed E-state index contributed by atoms with van der Waals surface area (Å²) in [5.41, 5.74) is 7.11. The van der Waals surface area contributed by atoms with Gasteiger partial charge in [0.05, 0.1) is 17.3 Å². The molecule has 0 aliphatic carbocycles. The molecular formula is C34H38N2O3. The maximum absolute atomic E-state index is 9.85. The summed E-state index contributed by atoms with van der Waals surface area (Å²) in [5, 5.41) is 9.85. The molecule has 0 saturated carbocycles. The zero-order valence-electron chi connectivity index (χ0n) is 23.1. The van der Waals surface area contributed by atoms with Gasteiger partial charge < -0.3 is 19.5 Å². The summed E-state index contributed by atoms with van der Waals surface area (Å²) in [4.78, 5) is 7.22. The fourth-order valence-electron chi connectivity index (χ4n) is 5.21. The number of nitrogens with zero attached hydrogens (tertiary/aromatic N) is 2. The maximum Gasteiger partial charge on any atom is 0.211 e. The van der Waals surface area contributed by atoms with Gasteiger partial charge >= 0.3 is 0 Å². The van der Waals surface area contributed by atoms with E-state index in [0.29, 0.717) is 12.5 Å². The first-order valence-electron chi connectivity index (χ1n) is 13.8. The monoisotopic (exact) mass is 522 g/mol. The Balaban J connectivity index is 1.49. The molecule has 0 radical (unpaired) electrons. The molecule has 1 unspecified atom stereocenters. The van der Waals surface area contributed by atoms with Gasteiger partial charge in [-0.2, -0.15) is 0 Å². The number of hydrogen-bond acceptors (Lipinski definition) is 5. The zero-order valence-corrected chi connectivity index (χ0v) is 23.1. The van der Waals surface area contributed by atoms with Crippen molar-refractivity contribution in [2.45, 2.75) is 45.3 Å². The molecule has 2 aliphatic rings. The second kappa shape index (κ2) is 11.9. The molecule has 202 valence electrons. The number of aliphatic imine (C=N–C) groups is 1. The van der Waals surface area contributed by atoms with Gasteiger partial charge in [-0.3, -0.25) is 0 Å². The quantitative estimate of drug-likeness (QED) is 0.363. The Morgan fingerprint density at radius 1 is 0.949 bits per heavy atom. The molecule has 0 bridgehead atoms. The van der Waals surface area contributed by atoms with E-state index in [1.807, 2.05) is 18.2 Å². The number of benzene rings is 3. The van der Waals surface area contributed by atoms with Gasteiger partial charge in [0.2, 0.25) is 5.90 Å². The van der Waals surface area contributed by atoms with E-state index >= 15 is 0 Å². The number of likely N-dealkylation sites (tertiary alicyclic amines) is 1. The number of rotatable bonds is 8. The molecule has 2 heterocycles. The lowest BCUT2D eigenvalue weighted by molar-refractivity contribution is 0.122. The van der Waals surface area contributed by atoms with Crippen LogP contribution in [0.2, 0.25) is 0 Å². The molecule has 0 spiro atoms. The molecule has 3 aromatic carbocycles. The lowest BCUT2D eigenvalue weighted by Crippen LogP contribution is -2.30. The third-order valence-corrected chi connectivity index (χ3v) is 7.08. The molecule has 0 aromatic heterocycles. The number of aliphatic hydroxyl groups excluding tert-OH is 1. The van der Waals surface area contributed by atoms with Crippen molar-refractivity contribution in [1.82, 2.24) is 4.90 Å². The van der Waals surface area contributed by atoms with Gasteiger partial charge in [0.1, 0.15) is 19.0 Å². The minimum absolute atomic E-state index is 0.235. The predicted molar refractivity (Wildman–Crippen MR) is 159 cm³/mol. The van der Waals surface area contributed by atoms with Crippen LogP contribution in [-0.2, 0) is 4.74 Å². The van der Waals surface area contributed by atoms with Crippen LogP contribution in [0.25, 0.3) is 11.3 Å². The summed E-state index contributed by atoms with van der Waals surface area (Å²) < 4.78 is 12.0. The zero-order chi connectivity index (χ0) is 27.2. The van der Waals surface area contributed by atoms with Gasteiger partial charge in [-0.1, -0.05) is 78.4 Å². The van der Waals surface area contributed by atoms with Gasteiger partial charge in [0.15, 0.2) is 0 Å². The third-order valence-electron chi connectivity index (χ3n) is 7.08. The second-order valence-electron chi connectivity index (χ2n) is 10.9. The molecule has 5 nitrogen and oxygen atoms in total. The molecule has 3 aromatic rings. The normalized spacial score (nSPS) is 17.8. The number of ether oxygens (including phenoxy) is 2. The van der Waals surface area contributed by atoms with Gasteiger partial charge in [-0.25, -0.2) is 4.99 Å². The van der Waals surface area contributed by atoms with E-state index in [1.54, 1.807) is 6.92 Å². The lowest BCUT2D eigenvalue weighted by atomic mass is 9.88. The Labute approximate surface area is 232 Å².